The van der Waals surface area contributed by atoms with Crippen molar-refractivity contribution in [3.8, 4) is 0 Å². The Hall–Kier alpha value is -0.0100. The zero-order valence-electron chi connectivity index (χ0n) is 7.48. The third-order valence-corrected chi connectivity index (χ3v) is 2.44. The van der Waals surface area contributed by atoms with Crippen LogP contribution in [0.15, 0.2) is 0 Å². The van der Waals surface area contributed by atoms with Gasteiger partial charge in [0.25, 0.3) is 0 Å². The average molecular weight is 228 g/mol. The summed E-state index contributed by atoms with van der Waals surface area (Å²) in [6, 6.07) is 0. The van der Waals surface area contributed by atoms with Gasteiger partial charge in [0.2, 0.25) is 0 Å². The second kappa shape index (κ2) is 4.24. The van der Waals surface area contributed by atoms with Gasteiger partial charge in [0.05, 0.1) is 12.2 Å². The molecule has 84 valence electrons. The van der Waals surface area contributed by atoms with E-state index in [1.54, 1.807) is 0 Å². The molecule has 0 aromatic rings. The molecule has 1 saturated heterocycles. The molecule has 1 heterocycles. The lowest BCUT2D eigenvalue weighted by molar-refractivity contribution is -0.220. The summed E-state index contributed by atoms with van der Waals surface area (Å²) >= 11 is 0. The van der Waals surface area contributed by atoms with E-state index >= 15 is 0 Å². The van der Waals surface area contributed by atoms with Gasteiger partial charge in [-0.3, -0.25) is 4.52 Å². The van der Waals surface area contributed by atoms with Crippen molar-refractivity contribution in [2.75, 3.05) is 0 Å². The number of hydrogen-bond acceptors (Lipinski definition) is 5. The number of ether oxygens (including phenoxy) is 1. The van der Waals surface area contributed by atoms with Gasteiger partial charge in [-0.25, -0.2) is 4.57 Å². The highest BCUT2D eigenvalue weighted by Crippen LogP contribution is 2.40. The first kappa shape index (κ1) is 12.1. The summed E-state index contributed by atoms with van der Waals surface area (Å²) in [6.45, 7) is 1.48. The van der Waals surface area contributed by atoms with Crippen LogP contribution in [0.2, 0.25) is 0 Å². The van der Waals surface area contributed by atoms with Crippen molar-refractivity contribution in [2.45, 2.75) is 37.9 Å². The summed E-state index contributed by atoms with van der Waals surface area (Å²) in [6.07, 6.45) is -4.25. The Morgan fingerprint density at radius 2 is 2.00 bits per heavy atom. The minimum atomic E-state index is -4.62. The summed E-state index contributed by atoms with van der Waals surface area (Å²) in [5.41, 5.74) is 0. The summed E-state index contributed by atoms with van der Waals surface area (Å²) in [5.74, 6) is 0. The molecule has 1 unspecified atom stereocenters. The number of aliphatic hydroxyl groups excluding tert-OH is 2. The second-order valence-electron chi connectivity index (χ2n) is 3.16. The Morgan fingerprint density at radius 1 is 1.43 bits per heavy atom. The quantitative estimate of drug-likeness (QED) is 0.445. The van der Waals surface area contributed by atoms with Crippen LogP contribution < -0.4 is 0 Å². The summed E-state index contributed by atoms with van der Waals surface area (Å²) < 4.78 is 19.6. The lowest BCUT2D eigenvalue weighted by atomic mass is 10.0. The first-order valence-corrected chi connectivity index (χ1v) is 5.58. The smallest absolute Gasteiger partial charge is 0.390 e. The number of hydrogen-bond donors (Lipinski definition) is 4. The SMILES string of the molecule is C[C@H]1OC(OP(=O)(O)O)C[C@@H](O)[C@@H]1O. The van der Waals surface area contributed by atoms with Gasteiger partial charge in [0, 0.05) is 6.42 Å². The zero-order chi connectivity index (χ0) is 10.9. The van der Waals surface area contributed by atoms with Crippen LogP contribution in [0.3, 0.4) is 0 Å². The third-order valence-electron chi connectivity index (χ3n) is 1.93. The van der Waals surface area contributed by atoms with E-state index in [9.17, 15) is 14.8 Å². The molecular formula is C6H13O7P. The van der Waals surface area contributed by atoms with Crippen molar-refractivity contribution < 1.29 is 33.8 Å². The van der Waals surface area contributed by atoms with E-state index in [1.807, 2.05) is 0 Å². The highest BCUT2D eigenvalue weighted by molar-refractivity contribution is 7.46. The molecule has 0 bridgehead atoms. The van der Waals surface area contributed by atoms with E-state index in [0.29, 0.717) is 0 Å². The normalized spacial score (nSPS) is 39.8. The van der Waals surface area contributed by atoms with Crippen LogP contribution in [0.4, 0.5) is 0 Å². The molecule has 8 heteroatoms. The third kappa shape index (κ3) is 3.29. The molecule has 14 heavy (non-hydrogen) atoms. The van der Waals surface area contributed by atoms with Gasteiger partial charge >= 0.3 is 7.82 Å². The van der Waals surface area contributed by atoms with Gasteiger partial charge in [-0.2, -0.15) is 0 Å². The minimum absolute atomic E-state index is 0.170. The maximum Gasteiger partial charge on any atom is 0.471 e. The fourth-order valence-electron chi connectivity index (χ4n) is 1.25. The van der Waals surface area contributed by atoms with Gasteiger partial charge in [-0.15, -0.1) is 0 Å². The largest absolute Gasteiger partial charge is 0.471 e. The zero-order valence-corrected chi connectivity index (χ0v) is 8.37. The van der Waals surface area contributed by atoms with Gasteiger partial charge in [-0.1, -0.05) is 0 Å². The highest BCUT2D eigenvalue weighted by atomic mass is 31.2. The van der Waals surface area contributed by atoms with E-state index in [-0.39, 0.29) is 6.42 Å². The molecule has 1 rings (SSSR count). The van der Waals surface area contributed by atoms with Crippen LogP contribution >= 0.6 is 7.82 Å². The van der Waals surface area contributed by atoms with Crippen molar-refractivity contribution in [3.05, 3.63) is 0 Å². The molecule has 4 atom stereocenters. The van der Waals surface area contributed by atoms with Gasteiger partial charge in [-0.05, 0) is 6.92 Å². The molecule has 0 amide bonds. The van der Waals surface area contributed by atoms with E-state index < -0.39 is 32.4 Å². The molecule has 0 aliphatic carbocycles. The predicted octanol–water partition coefficient (Wildman–Crippen LogP) is -1.05. The molecular weight excluding hydrogens is 215 g/mol. The summed E-state index contributed by atoms with van der Waals surface area (Å²) in [7, 11) is -4.62. The summed E-state index contributed by atoms with van der Waals surface area (Å²) in [5, 5.41) is 18.5. The Labute approximate surface area is 80.5 Å². The molecule has 4 N–H and O–H groups in total. The monoisotopic (exact) mass is 228 g/mol. The first-order chi connectivity index (χ1) is 6.29. The average Bonchev–Trinajstić information content (AvgIpc) is 1.96. The number of phosphoric acid groups is 1. The first-order valence-electron chi connectivity index (χ1n) is 4.05. The van der Waals surface area contributed by atoms with Crippen LogP contribution in [-0.4, -0.2) is 44.6 Å². The molecule has 7 nitrogen and oxygen atoms in total. The van der Waals surface area contributed by atoms with Crippen LogP contribution in [-0.2, 0) is 13.8 Å². The number of phosphoric ester groups is 1. The van der Waals surface area contributed by atoms with E-state index in [2.05, 4.69) is 4.52 Å². The number of rotatable bonds is 2. The minimum Gasteiger partial charge on any atom is -0.390 e. The molecule has 0 radical (unpaired) electrons. The lowest BCUT2D eigenvalue weighted by Gasteiger charge is -2.34. The highest BCUT2D eigenvalue weighted by Gasteiger charge is 2.37. The molecule has 1 aliphatic heterocycles. The fraction of sp³-hybridized carbons (Fsp3) is 1.00. The van der Waals surface area contributed by atoms with Crippen LogP contribution in [0, 0.1) is 0 Å². The van der Waals surface area contributed by atoms with E-state index in [0.717, 1.165) is 0 Å². The Balaban J connectivity index is 2.54. The predicted molar refractivity (Wildman–Crippen MR) is 44.1 cm³/mol. The Kier molecular flexibility index (Phi) is 3.65. The number of aliphatic hydroxyl groups is 2. The van der Waals surface area contributed by atoms with Crippen molar-refractivity contribution in [1.29, 1.82) is 0 Å². The molecule has 0 spiro atoms. The molecule has 0 aromatic heterocycles. The molecule has 1 fully saturated rings. The lowest BCUT2D eigenvalue weighted by Crippen LogP contribution is -2.47. The standard InChI is InChI=1S/C6H13O7P/c1-3-6(8)4(7)2-5(12-3)13-14(9,10)11/h3-8H,2H2,1H3,(H2,9,10,11)/t3-,4-,5?,6-/m1/s1. The van der Waals surface area contributed by atoms with Crippen molar-refractivity contribution in [2.24, 2.45) is 0 Å². The fourth-order valence-corrected chi connectivity index (χ4v) is 1.69. The van der Waals surface area contributed by atoms with Crippen LogP contribution in [0.1, 0.15) is 13.3 Å². The Morgan fingerprint density at radius 3 is 2.43 bits per heavy atom. The van der Waals surface area contributed by atoms with Crippen LogP contribution in [0.5, 0.6) is 0 Å². The second-order valence-corrected chi connectivity index (χ2v) is 4.35. The van der Waals surface area contributed by atoms with Gasteiger partial charge in [0.1, 0.15) is 6.10 Å². The topological polar surface area (TPSA) is 116 Å². The summed E-state index contributed by atoms with van der Waals surface area (Å²) in [4.78, 5) is 16.9. The Bertz CT molecular complexity index is 226. The molecule has 1 aliphatic rings. The maximum atomic E-state index is 10.4. The maximum absolute atomic E-state index is 10.4. The van der Waals surface area contributed by atoms with Gasteiger partial charge in [0.15, 0.2) is 6.29 Å². The van der Waals surface area contributed by atoms with E-state index in [1.165, 1.54) is 6.92 Å². The van der Waals surface area contributed by atoms with Crippen LogP contribution in [0.25, 0.3) is 0 Å². The van der Waals surface area contributed by atoms with Crippen molar-refractivity contribution >= 4 is 7.82 Å². The molecule has 0 saturated carbocycles. The molecule has 0 aromatic carbocycles. The van der Waals surface area contributed by atoms with Crippen molar-refractivity contribution in [3.63, 3.8) is 0 Å². The van der Waals surface area contributed by atoms with Gasteiger partial charge < -0.3 is 24.7 Å². The van der Waals surface area contributed by atoms with Crippen molar-refractivity contribution in [1.82, 2.24) is 0 Å². The van der Waals surface area contributed by atoms with E-state index in [4.69, 9.17) is 14.5 Å².